The topological polar surface area (TPSA) is 106 Å². The Hall–Kier alpha value is -1.63. The second kappa shape index (κ2) is 7.08. The van der Waals surface area contributed by atoms with Crippen molar-refractivity contribution < 1.29 is 9.21 Å². The first-order valence-corrected chi connectivity index (χ1v) is 6.46. The minimum Gasteiger partial charge on any atom is -0.407 e. The van der Waals surface area contributed by atoms with Crippen LogP contribution in [0.5, 0.6) is 0 Å². The van der Waals surface area contributed by atoms with E-state index in [2.05, 4.69) is 41.6 Å². The SMILES string of the molecule is CC(C)(C)NCc1nnc(NCCCCC(N)=O)o1. The number of anilines is 1. The summed E-state index contributed by atoms with van der Waals surface area (Å²) in [4.78, 5) is 10.5. The Morgan fingerprint density at radius 2 is 2.05 bits per heavy atom. The molecule has 1 heterocycles. The Morgan fingerprint density at radius 1 is 1.32 bits per heavy atom. The first kappa shape index (κ1) is 15.4. The van der Waals surface area contributed by atoms with Gasteiger partial charge in [-0.05, 0) is 33.6 Å². The van der Waals surface area contributed by atoms with E-state index in [1.165, 1.54) is 0 Å². The molecule has 0 aromatic carbocycles. The van der Waals surface area contributed by atoms with E-state index in [0.717, 1.165) is 12.8 Å². The van der Waals surface area contributed by atoms with Crippen molar-refractivity contribution in [2.45, 2.75) is 52.1 Å². The number of nitrogens with zero attached hydrogens (tertiary/aromatic N) is 2. The standard InChI is InChI=1S/C12H23N5O2/c1-12(2,3)15-8-10-16-17-11(19-10)14-7-5-4-6-9(13)18/h15H,4-8H2,1-3H3,(H2,13,18)(H,14,17). The molecule has 0 aliphatic heterocycles. The molecule has 0 bridgehead atoms. The summed E-state index contributed by atoms with van der Waals surface area (Å²) in [7, 11) is 0. The van der Waals surface area contributed by atoms with Crippen LogP contribution >= 0.6 is 0 Å². The predicted octanol–water partition coefficient (Wildman–Crippen LogP) is 1.03. The van der Waals surface area contributed by atoms with Gasteiger partial charge in [0.15, 0.2) is 0 Å². The van der Waals surface area contributed by atoms with Crippen LogP contribution in [0.1, 0.15) is 45.9 Å². The van der Waals surface area contributed by atoms with Crippen LogP contribution in [0.15, 0.2) is 4.42 Å². The summed E-state index contributed by atoms with van der Waals surface area (Å²) in [6.45, 7) is 7.44. The number of hydrogen-bond donors (Lipinski definition) is 3. The van der Waals surface area contributed by atoms with E-state index in [1.807, 2.05) is 0 Å². The van der Waals surface area contributed by atoms with E-state index < -0.39 is 0 Å². The zero-order valence-corrected chi connectivity index (χ0v) is 11.8. The minimum absolute atomic E-state index is 0.0107. The Morgan fingerprint density at radius 3 is 2.68 bits per heavy atom. The van der Waals surface area contributed by atoms with Gasteiger partial charge >= 0.3 is 6.01 Å². The maximum absolute atomic E-state index is 10.5. The molecule has 1 amide bonds. The largest absolute Gasteiger partial charge is 0.407 e. The molecule has 0 aliphatic carbocycles. The second-order valence-corrected chi connectivity index (χ2v) is 5.45. The summed E-state index contributed by atoms with van der Waals surface area (Å²) < 4.78 is 5.42. The lowest BCUT2D eigenvalue weighted by Crippen LogP contribution is -2.35. The number of nitrogens with one attached hydrogen (secondary N) is 2. The smallest absolute Gasteiger partial charge is 0.315 e. The van der Waals surface area contributed by atoms with Crippen LogP contribution < -0.4 is 16.4 Å². The molecule has 0 aliphatic rings. The first-order chi connectivity index (χ1) is 8.87. The molecule has 0 saturated carbocycles. The molecule has 7 nitrogen and oxygen atoms in total. The number of aromatic nitrogens is 2. The van der Waals surface area contributed by atoms with E-state index >= 15 is 0 Å². The van der Waals surface area contributed by atoms with Gasteiger partial charge in [-0.15, -0.1) is 5.10 Å². The van der Waals surface area contributed by atoms with Gasteiger partial charge in [0.05, 0.1) is 6.54 Å². The molecule has 0 atom stereocenters. The van der Waals surface area contributed by atoms with Crippen molar-refractivity contribution >= 4 is 11.9 Å². The molecule has 0 radical (unpaired) electrons. The molecule has 4 N–H and O–H groups in total. The van der Waals surface area contributed by atoms with Gasteiger partial charge in [-0.2, -0.15) is 0 Å². The van der Waals surface area contributed by atoms with E-state index in [4.69, 9.17) is 10.2 Å². The highest BCUT2D eigenvalue weighted by atomic mass is 16.4. The second-order valence-electron chi connectivity index (χ2n) is 5.45. The fraction of sp³-hybridized carbons (Fsp3) is 0.750. The maximum atomic E-state index is 10.5. The van der Waals surface area contributed by atoms with Crippen LogP contribution in [0.25, 0.3) is 0 Å². The zero-order valence-electron chi connectivity index (χ0n) is 11.8. The zero-order chi connectivity index (χ0) is 14.3. The third-order valence-corrected chi connectivity index (χ3v) is 2.36. The van der Waals surface area contributed by atoms with Crippen molar-refractivity contribution in [2.24, 2.45) is 5.73 Å². The molecular formula is C12H23N5O2. The lowest BCUT2D eigenvalue weighted by Gasteiger charge is -2.18. The van der Waals surface area contributed by atoms with Gasteiger partial charge in [-0.25, -0.2) is 0 Å². The average Bonchev–Trinajstić information content (AvgIpc) is 2.72. The highest BCUT2D eigenvalue weighted by Crippen LogP contribution is 2.07. The van der Waals surface area contributed by atoms with Crippen molar-refractivity contribution in [1.82, 2.24) is 15.5 Å². The number of rotatable bonds is 8. The lowest BCUT2D eigenvalue weighted by atomic mass is 10.1. The van der Waals surface area contributed by atoms with Gasteiger partial charge in [0.25, 0.3) is 0 Å². The number of nitrogens with two attached hydrogens (primary N) is 1. The monoisotopic (exact) mass is 269 g/mol. The van der Waals surface area contributed by atoms with Crippen LogP contribution in [-0.2, 0) is 11.3 Å². The highest BCUT2D eigenvalue weighted by Gasteiger charge is 2.11. The van der Waals surface area contributed by atoms with Crippen molar-refractivity contribution in [3.63, 3.8) is 0 Å². The number of carbonyl (C=O) groups excluding carboxylic acids is 1. The van der Waals surface area contributed by atoms with Crippen LogP contribution in [0.4, 0.5) is 6.01 Å². The van der Waals surface area contributed by atoms with E-state index in [-0.39, 0.29) is 11.4 Å². The maximum Gasteiger partial charge on any atom is 0.315 e. The Bertz CT molecular complexity index is 397. The summed E-state index contributed by atoms with van der Waals surface area (Å²) in [6.07, 6.45) is 2.00. The van der Waals surface area contributed by atoms with E-state index in [1.54, 1.807) is 0 Å². The molecular weight excluding hydrogens is 246 g/mol. The van der Waals surface area contributed by atoms with Gasteiger partial charge < -0.3 is 20.8 Å². The Kier molecular flexibility index (Phi) is 5.75. The van der Waals surface area contributed by atoms with Gasteiger partial charge in [0, 0.05) is 18.5 Å². The number of carbonyl (C=O) groups is 1. The fourth-order valence-electron chi connectivity index (χ4n) is 1.36. The minimum atomic E-state index is -0.270. The van der Waals surface area contributed by atoms with Crippen LogP contribution in [-0.4, -0.2) is 28.2 Å². The lowest BCUT2D eigenvalue weighted by molar-refractivity contribution is -0.118. The normalized spacial score (nSPS) is 11.5. The summed E-state index contributed by atoms with van der Waals surface area (Å²) in [6, 6.07) is 0.407. The highest BCUT2D eigenvalue weighted by molar-refractivity contribution is 5.73. The quantitative estimate of drug-likeness (QED) is 0.608. The molecule has 7 heteroatoms. The number of unbranched alkanes of at least 4 members (excludes halogenated alkanes) is 1. The first-order valence-electron chi connectivity index (χ1n) is 6.46. The number of primary amides is 1. The van der Waals surface area contributed by atoms with Crippen LogP contribution in [0.2, 0.25) is 0 Å². The van der Waals surface area contributed by atoms with E-state index in [0.29, 0.717) is 31.4 Å². The average molecular weight is 269 g/mol. The number of amides is 1. The molecule has 1 aromatic rings. The molecule has 108 valence electrons. The van der Waals surface area contributed by atoms with Crippen molar-refractivity contribution in [2.75, 3.05) is 11.9 Å². The fourth-order valence-corrected chi connectivity index (χ4v) is 1.36. The Balaban J connectivity index is 2.21. The summed E-state index contributed by atoms with van der Waals surface area (Å²) >= 11 is 0. The Labute approximate surface area is 113 Å². The summed E-state index contributed by atoms with van der Waals surface area (Å²) in [5.74, 6) is 0.280. The van der Waals surface area contributed by atoms with Crippen molar-refractivity contribution in [3.05, 3.63) is 5.89 Å². The summed E-state index contributed by atoms with van der Waals surface area (Å²) in [5, 5.41) is 14.1. The molecule has 0 unspecified atom stereocenters. The molecule has 1 aromatic heterocycles. The van der Waals surface area contributed by atoms with Gasteiger partial charge in [-0.3, -0.25) is 4.79 Å². The van der Waals surface area contributed by atoms with Gasteiger partial charge in [0.2, 0.25) is 11.8 Å². The number of hydrogen-bond acceptors (Lipinski definition) is 6. The predicted molar refractivity (Wildman–Crippen MR) is 72.4 cm³/mol. The third-order valence-electron chi connectivity index (χ3n) is 2.36. The van der Waals surface area contributed by atoms with Gasteiger partial charge in [-0.1, -0.05) is 5.10 Å². The summed E-state index contributed by atoms with van der Waals surface area (Å²) in [5.41, 5.74) is 5.06. The van der Waals surface area contributed by atoms with Crippen molar-refractivity contribution in [3.8, 4) is 0 Å². The molecule has 0 saturated heterocycles. The van der Waals surface area contributed by atoms with Gasteiger partial charge in [0.1, 0.15) is 0 Å². The third kappa shape index (κ3) is 7.40. The molecule has 1 rings (SSSR count). The van der Waals surface area contributed by atoms with Crippen molar-refractivity contribution in [1.29, 1.82) is 0 Å². The van der Waals surface area contributed by atoms with Crippen LogP contribution in [0, 0.1) is 0 Å². The molecule has 19 heavy (non-hydrogen) atoms. The van der Waals surface area contributed by atoms with E-state index in [9.17, 15) is 4.79 Å². The van der Waals surface area contributed by atoms with Crippen LogP contribution in [0.3, 0.4) is 0 Å². The molecule has 0 fully saturated rings. The molecule has 0 spiro atoms.